The first-order valence-corrected chi connectivity index (χ1v) is 5.99. The Morgan fingerprint density at radius 3 is 2.72 bits per heavy atom. The van der Waals surface area contributed by atoms with Gasteiger partial charge in [0.15, 0.2) is 0 Å². The molecule has 2 rings (SSSR count). The molecule has 0 bridgehead atoms. The number of rotatable bonds is 4. The fourth-order valence-electron chi connectivity index (χ4n) is 1.78. The van der Waals surface area contributed by atoms with Gasteiger partial charge in [-0.15, -0.1) is 0 Å². The number of carbonyl (C=O) groups is 1. The molecule has 1 N–H and O–H groups in total. The highest BCUT2D eigenvalue weighted by Crippen LogP contribution is 2.08. The van der Waals surface area contributed by atoms with Crippen molar-refractivity contribution < 1.29 is 4.79 Å². The number of aromatic nitrogens is 1. The molecule has 0 unspecified atom stereocenters. The van der Waals surface area contributed by atoms with Gasteiger partial charge < -0.3 is 5.32 Å². The molecule has 0 aliphatic heterocycles. The van der Waals surface area contributed by atoms with E-state index in [2.05, 4.69) is 29.4 Å². The number of nitrogens with zero attached hydrogens (tertiary/aromatic N) is 1. The van der Waals surface area contributed by atoms with E-state index in [0.29, 0.717) is 6.42 Å². The first-order chi connectivity index (χ1) is 8.74. The Morgan fingerprint density at radius 2 is 2.00 bits per heavy atom. The van der Waals surface area contributed by atoms with E-state index >= 15 is 0 Å². The van der Waals surface area contributed by atoms with E-state index in [1.165, 1.54) is 11.1 Å². The molecule has 0 saturated carbocycles. The Hall–Kier alpha value is -2.16. The van der Waals surface area contributed by atoms with Gasteiger partial charge in [0.05, 0.1) is 0 Å². The van der Waals surface area contributed by atoms with E-state index in [0.717, 1.165) is 12.1 Å². The zero-order chi connectivity index (χ0) is 12.8. The van der Waals surface area contributed by atoms with E-state index in [9.17, 15) is 4.79 Å². The van der Waals surface area contributed by atoms with Gasteiger partial charge >= 0.3 is 0 Å². The van der Waals surface area contributed by atoms with Crippen molar-refractivity contribution in [2.24, 2.45) is 0 Å². The molecule has 18 heavy (non-hydrogen) atoms. The topological polar surface area (TPSA) is 42.0 Å². The van der Waals surface area contributed by atoms with E-state index in [4.69, 9.17) is 0 Å². The predicted octanol–water partition coefficient (Wildman–Crippen LogP) is 2.96. The van der Waals surface area contributed by atoms with Crippen LogP contribution in [0.5, 0.6) is 0 Å². The SMILES string of the molecule is Cc1cccc(CCC(=O)Nc2ccncc2)c1. The summed E-state index contributed by atoms with van der Waals surface area (Å²) in [6, 6.07) is 11.8. The van der Waals surface area contributed by atoms with Crippen LogP contribution in [0.15, 0.2) is 48.8 Å². The summed E-state index contributed by atoms with van der Waals surface area (Å²) in [4.78, 5) is 15.6. The normalized spacial score (nSPS) is 10.1. The third-order valence-electron chi connectivity index (χ3n) is 2.69. The first-order valence-electron chi connectivity index (χ1n) is 5.99. The molecule has 0 atom stereocenters. The molecule has 0 fully saturated rings. The minimum atomic E-state index is 0.0303. The van der Waals surface area contributed by atoms with Crippen molar-refractivity contribution in [3.05, 3.63) is 59.9 Å². The molecule has 0 saturated heterocycles. The highest BCUT2D eigenvalue weighted by molar-refractivity contribution is 5.90. The number of hydrogen-bond donors (Lipinski definition) is 1. The van der Waals surface area contributed by atoms with E-state index in [1.807, 2.05) is 12.1 Å². The van der Waals surface area contributed by atoms with Crippen molar-refractivity contribution in [3.63, 3.8) is 0 Å². The van der Waals surface area contributed by atoms with Crippen LogP contribution in [0.1, 0.15) is 17.5 Å². The molecule has 0 spiro atoms. The van der Waals surface area contributed by atoms with Crippen LogP contribution in [0.25, 0.3) is 0 Å². The Morgan fingerprint density at radius 1 is 1.22 bits per heavy atom. The number of hydrogen-bond acceptors (Lipinski definition) is 2. The highest BCUT2D eigenvalue weighted by atomic mass is 16.1. The molecule has 0 aliphatic rings. The maximum Gasteiger partial charge on any atom is 0.224 e. The molecule has 3 nitrogen and oxygen atoms in total. The maximum atomic E-state index is 11.7. The van der Waals surface area contributed by atoms with Gasteiger partial charge in [-0.2, -0.15) is 0 Å². The van der Waals surface area contributed by atoms with Crippen molar-refractivity contribution >= 4 is 11.6 Å². The molecular formula is C15H16N2O. The third-order valence-corrected chi connectivity index (χ3v) is 2.69. The van der Waals surface area contributed by atoms with Gasteiger partial charge in [0.25, 0.3) is 0 Å². The van der Waals surface area contributed by atoms with Crippen LogP contribution in [0, 0.1) is 6.92 Å². The molecule has 0 aliphatic carbocycles. The zero-order valence-corrected chi connectivity index (χ0v) is 10.4. The third kappa shape index (κ3) is 3.70. The standard InChI is InChI=1S/C15H16N2O/c1-12-3-2-4-13(11-12)5-6-15(18)17-14-7-9-16-10-8-14/h2-4,7-11H,5-6H2,1H3,(H,16,17,18). The summed E-state index contributed by atoms with van der Waals surface area (Å²) in [7, 11) is 0. The second kappa shape index (κ2) is 5.96. The van der Waals surface area contributed by atoms with Gasteiger partial charge in [-0.3, -0.25) is 9.78 Å². The summed E-state index contributed by atoms with van der Waals surface area (Å²) >= 11 is 0. The van der Waals surface area contributed by atoms with Gasteiger partial charge in [-0.1, -0.05) is 29.8 Å². The molecule has 1 amide bonds. The lowest BCUT2D eigenvalue weighted by Crippen LogP contribution is -2.12. The number of amides is 1. The van der Waals surface area contributed by atoms with Crippen molar-refractivity contribution in [1.82, 2.24) is 4.98 Å². The summed E-state index contributed by atoms with van der Waals surface area (Å²) in [5.74, 6) is 0.0303. The maximum absolute atomic E-state index is 11.7. The molecule has 0 radical (unpaired) electrons. The molecule has 1 aromatic carbocycles. The zero-order valence-electron chi connectivity index (χ0n) is 10.4. The molecular weight excluding hydrogens is 224 g/mol. The van der Waals surface area contributed by atoms with Crippen molar-refractivity contribution in [2.75, 3.05) is 5.32 Å². The number of anilines is 1. The average Bonchev–Trinajstić information content (AvgIpc) is 2.38. The van der Waals surface area contributed by atoms with Crippen LogP contribution >= 0.6 is 0 Å². The van der Waals surface area contributed by atoms with Crippen LogP contribution in [0.2, 0.25) is 0 Å². The van der Waals surface area contributed by atoms with Gasteiger partial charge in [-0.05, 0) is 31.0 Å². The van der Waals surface area contributed by atoms with Gasteiger partial charge in [0.1, 0.15) is 0 Å². The predicted molar refractivity (Wildman–Crippen MR) is 72.4 cm³/mol. The van der Waals surface area contributed by atoms with Crippen molar-refractivity contribution in [1.29, 1.82) is 0 Å². The molecule has 1 heterocycles. The number of carbonyl (C=O) groups excluding carboxylic acids is 1. The number of nitrogens with one attached hydrogen (secondary N) is 1. The number of pyridine rings is 1. The molecule has 2 aromatic rings. The lowest BCUT2D eigenvalue weighted by Gasteiger charge is -2.05. The van der Waals surface area contributed by atoms with Crippen molar-refractivity contribution in [2.45, 2.75) is 19.8 Å². The monoisotopic (exact) mass is 240 g/mol. The second-order valence-electron chi connectivity index (χ2n) is 4.27. The van der Waals surface area contributed by atoms with E-state index in [1.54, 1.807) is 24.5 Å². The van der Waals surface area contributed by atoms with Gasteiger partial charge in [0.2, 0.25) is 5.91 Å². The Labute approximate surface area is 107 Å². The van der Waals surface area contributed by atoms with Gasteiger partial charge in [-0.25, -0.2) is 0 Å². The lowest BCUT2D eigenvalue weighted by molar-refractivity contribution is -0.116. The van der Waals surface area contributed by atoms with Gasteiger partial charge in [0, 0.05) is 24.5 Å². The summed E-state index contributed by atoms with van der Waals surface area (Å²) in [5, 5.41) is 2.85. The quantitative estimate of drug-likeness (QED) is 0.892. The molecule has 3 heteroatoms. The largest absolute Gasteiger partial charge is 0.326 e. The summed E-state index contributed by atoms with van der Waals surface area (Å²) < 4.78 is 0. The summed E-state index contributed by atoms with van der Waals surface area (Å²) in [6.07, 6.45) is 4.58. The van der Waals surface area contributed by atoms with Crippen molar-refractivity contribution in [3.8, 4) is 0 Å². The van der Waals surface area contributed by atoms with Crippen LogP contribution in [0.3, 0.4) is 0 Å². The first kappa shape index (κ1) is 12.3. The van der Waals surface area contributed by atoms with Crippen LogP contribution in [-0.4, -0.2) is 10.9 Å². The average molecular weight is 240 g/mol. The lowest BCUT2D eigenvalue weighted by atomic mass is 10.1. The van der Waals surface area contributed by atoms with Crippen LogP contribution < -0.4 is 5.32 Å². The minimum Gasteiger partial charge on any atom is -0.326 e. The number of benzene rings is 1. The summed E-state index contributed by atoms with van der Waals surface area (Å²) in [5.41, 5.74) is 3.21. The Balaban J connectivity index is 1.85. The van der Waals surface area contributed by atoms with Crippen LogP contribution in [0.4, 0.5) is 5.69 Å². The minimum absolute atomic E-state index is 0.0303. The fourth-order valence-corrected chi connectivity index (χ4v) is 1.78. The highest BCUT2D eigenvalue weighted by Gasteiger charge is 2.03. The summed E-state index contributed by atoms with van der Waals surface area (Å²) in [6.45, 7) is 2.06. The second-order valence-corrected chi connectivity index (χ2v) is 4.27. The Kier molecular flexibility index (Phi) is 4.07. The smallest absolute Gasteiger partial charge is 0.224 e. The fraction of sp³-hybridized carbons (Fsp3) is 0.200. The molecule has 1 aromatic heterocycles. The van der Waals surface area contributed by atoms with Crippen LogP contribution in [-0.2, 0) is 11.2 Å². The molecule has 92 valence electrons. The number of aryl methyl sites for hydroxylation is 2. The van der Waals surface area contributed by atoms with E-state index in [-0.39, 0.29) is 5.91 Å². The van der Waals surface area contributed by atoms with E-state index < -0.39 is 0 Å². The Bertz CT molecular complexity index is 523.